The molecule has 0 aromatic heterocycles. The van der Waals surface area contributed by atoms with Crippen molar-refractivity contribution in [2.45, 2.75) is 121 Å². The molecule has 45 heavy (non-hydrogen) atoms. The Labute approximate surface area is 267 Å². The molecule has 2 amide bonds. The molecule has 3 aliphatic rings. The number of aliphatic hydroxyl groups is 1. The van der Waals surface area contributed by atoms with Crippen LogP contribution in [-0.4, -0.2) is 73.2 Å². The van der Waals surface area contributed by atoms with Gasteiger partial charge in [-0.25, -0.2) is 4.79 Å². The fourth-order valence-electron chi connectivity index (χ4n) is 6.93. The number of esters is 1. The summed E-state index contributed by atoms with van der Waals surface area (Å²) in [6.07, 6.45) is 6.14. The van der Waals surface area contributed by atoms with Gasteiger partial charge in [-0.2, -0.15) is 0 Å². The highest BCUT2D eigenvalue weighted by Gasteiger charge is 2.39. The largest absolute Gasteiger partial charge is 0.458 e. The number of fused-ring (bicyclic) bond motifs is 1. The van der Waals surface area contributed by atoms with E-state index in [4.69, 9.17) is 25.7 Å². The minimum absolute atomic E-state index is 0.0973. The average molecular weight is 631 g/mol. The normalized spacial score (nSPS) is 24.4. The monoisotopic (exact) mass is 630 g/mol. The molecule has 1 saturated heterocycles. The Kier molecular flexibility index (Phi) is 13.5. The molecule has 0 radical (unpaired) electrons. The predicted molar refractivity (Wildman–Crippen MR) is 170 cm³/mol. The molecule has 1 heterocycles. The molecule has 1 aliphatic heterocycles. The van der Waals surface area contributed by atoms with E-state index in [0.29, 0.717) is 57.8 Å². The number of nitrogens with two attached hydrogens (primary N) is 2. The Morgan fingerprint density at radius 2 is 1.84 bits per heavy atom. The van der Waals surface area contributed by atoms with Gasteiger partial charge in [0.05, 0.1) is 31.4 Å². The Balaban J connectivity index is 1.44. The number of amides is 2. The lowest BCUT2D eigenvalue weighted by Gasteiger charge is -2.33. The molecular formula is C34H54N4O7. The number of nitrogens with one attached hydrogen (secondary N) is 2. The fourth-order valence-corrected chi connectivity index (χ4v) is 6.93. The minimum Gasteiger partial charge on any atom is -0.458 e. The molecule has 0 bridgehead atoms. The zero-order valence-electron chi connectivity index (χ0n) is 27.0. The lowest BCUT2D eigenvalue weighted by molar-refractivity contribution is -0.153. The molecule has 7 atom stereocenters. The van der Waals surface area contributed by atoms with E-state index >= 15 is 0 Å². The van der Waals surface area contributed by atoms with E-state index in [2.05, 4.69) is 10.6 Å². The number of carbonyl (C=O) groups excluding carboxylic acids is 3. The second-order valence-corrected chi connectivity index (χ2v) is 13.4. The first-order chi connectivity index (χ1) is 21.7. The molecule has 4 rings (SSSR count). The first kappa shape index (κ1) is 35.1. The van der Waals surface area contributed by atoms with Gasteiger partial charge in [-0.05, 0) is 55.2 Å². The zero-order valence-corrected chi connectivity index (χ0v) is 27.0. The number of ether oxygens (including phenoxy) is 3. The standard InChI is InChI=1S/C34H54N4O7/c1-21(2)26(19-29(39)28(17-22-9-4-3-5-10-22)37-34(42)44-24-14-16-43-20-24)32(40)38-31-25-12-7-6-11-23(25)18-30(31)45-33(41)27(36)13-8-15-35/h6-7,11-12,21-22,24,26-31,39H,3-5,8-10,13-20,35-36H2,1-2H3,(H,37,42)(H,38,40)/t24-,26+,27-,28-,29-,30+,31-/m0/s1. The van der Waals surface area contributed by atoms with Crippen LogP contribution in [0.1, 0.15) is 95.2 Å². The van der Waals surface area contributed by atoms with Crippen molar-refractivity contribution >= 4 is 18.0 Å². The smallest absolute Gasteiger partial charge is 0.407 e. The Bertz CT molecular complexity index is 1110. The van der Waals surface area contributed by atoms with Crippen molar-refractivity contribution in [1.82, 2.24) is 10.6 Å². The number of hydrogen-bond acceptors (Lipinski definition) is 9. The maximum absolute atomic E-state index is 13.9. The van der Waals surface area contributed by atoms with Gasteiger partial charge in [-0.3, -0.25) is 9.59 Å². The predicted octanol–water partition coefficient (Wildman–Crippen LogP) is 3.26. The number of hydrogen-bond donors (Lipinski definition) is 5. The van der Waals surface area contributed by atoms with Crippen molar-refractivity contribution in [3.05, 3.63) is 35.4 Å². The van der Waals surface area contributed by atoms with Crippen molar-refractivity contribution in [2.24, 2.45) is 29.2 Å². The fraction of sp³-hybridized carbons (Fsp3) is 0.735. The maximum Gasteiger partial charge on any atom is 0.407 e. The third-order valence-electron chi connectivity index (χ3n) is 9.65. The Morgan fingerprint density at radius 3 is 2.53 bits per heavy atom. The molecule has 0 unspecified atom stereocenters. The third kappa shape index (κ3) is 10.1. The first-order valence-corrected chi connectivity index (χ1v) is 16.9. The van der Waals surface area contributed by atoms with Gasteiger partial charge >= 0.3 is 12.1 Å². The summed E-state index contributed by atoms with van der Waals surface area (Å²) in [4.78, 5) is 39.6. The van der Waals surface area contributed by atoms with Gasteiger partial charge in [-0.15, -0.1) is 0 Å². The van der Waals surface area contributed by atoms with E-state index in [1.807, 2.05) is 38.1 Å². The number of benzene rings is 1. The van der Waals surface area contributed by atoms with Gasteiger partial charge in [0.1, 0.15) is 18.2 Å². The number of alkyl carbamates (subject to hydrolysis) is 1. The van der Waals surface area contributed by atoms with Crippen molar-refractivity contribution in [3.63, 3.8) is 0 Å². The second-order valence-electron chi connectivity index (χ2n) is 13.4. The van der Waals surface area contributed by atoms with Gasteiger partial charge in [-0.1, -0.05) is 70.2 Å². The number of carbonyl (C=O) groups is 3. The summed E-state index contributed by atoms with van der Waals surface area (Å²) in [5.41, 5.74) is 13.5. The number of aliphatic hydroxyl groups excluding tert-OH is 1. The van der Waals surface area contributed by atoms with Gasteiger partial charge in [0.15, 0.2) is 0 Å². The molecule has 1 aromatic rings. The van der Waals surface area contributed by atoms with Gasteiger partial charge in [0, 0.05) is 18.8 Å². The molecular weight excluding hydrogens is 576 g/mol. The topological polar surface area (TPSA) is 175 Å². The summed E-state index contributed by atoms with van der Waals surface area (Å²) in [6, 6.07) is 5.86. The Morgan fingerprint density at radius 1 is 1.09 bits per heavy atom. The van der Waals surface area contributed by atoms with Crippen LogP contribution >= 0.6 is 0 Å². The van der Waals surface area contributed by atoms with Gasteiger partial charge < -0.3 is 41.4 Å². The molecule has 252 valence electrons. The molecule has 1 saturated carbocycles. The highest BCUT2D eigenvalue weighted by Crippen LogP contribution is 2.35. The Hall–Kier alpha value is -2.73. The highest BCUT2D eigenvalue weighted by atomic mass is 16.6. The molecule has 1 aromatic carbocycles. The summed E-state index contributed by atoms with van der Waals surface area (Å²) in [5, 5.41) is 17.7. The third-order valence-corrected chi connectivity index (χ3v) is 9.65. The molecule has 2 aliphatic carbocycles. The molecule has 2 fully saturated rings. The van der Waals surface area contributed by atoms with Crippen molar-refractivity contribution in [3.8, 4) is 0 Å². The molecule has 0 spiro atoms. The number of rotatable bonds is 15. The summed E-state index contributed by atoms with van der Waals surface area (Å²) in [7, 11) is 0. The van der Waals surface area contributed by atoms with Gasteiger partial charge in [0.2, 0.25) is 5.91 Å². The van der Waals surface area contributed by atoms with E-state index in [1.54, 1.807) is 0 Å². The second kappa shape index (κ2) is 17.3. The van der Waals surface area contributed by atoms with E-state index in [9.17, 15) is 19.5 Å². The van der Waals surface area contributed by atoms with Crippen molar-refractivity contribution in [1.29, 1.82) is 0 Å². The summed E-state index contributed by atoms with van der Waals surface area (Å²) < 4.78 is 16.8. The van der Waals surface area contributed by atoms with Crippen LogP contribution in [0.5, 0.6) is 0 Å². The van der Waals surface area contributed by atoms with Crippen molar-refractivity contribution in [2.75, 3.05) is 19.8 Å². The van der Waals surface area contributed by atoms with Crippen LogP contribution in [0, 0.1) is 17.8 Å². The van der Waals surface area contributed by atoms with Crippen LogP contribution in [0.2, 0.25) is 0 Å². The van der Waals surface area contributed by atoms with Crippen LogP contribution in [-0.2, 0) is 30.2 Å². The molecule has 7 N–H and O–H groups in total. The zero-order chi connectivity index (χ0) is 32.3. The maximum atomic E-state index is 13.9. The lowest BCUT2D eigenvalue weighted by atomic mass is 9.81. The minimum atomic E-state index is -0.956. The van der Waals surface area contributed by atoms with Crippen LogP contribution < -0.4 is 22.1 Å². The summed E-state index contributed by atoms with van der Waals surface area (Å²) in [5.74, 6) is -1.00. The van der Waals surface area contributed by atoms with E-state index in [1.165, 1.54) is 6.42 Å². The lowest BCUT2D eigenvalue weighted by Crippen LogP contribution is -2.48. The van der Waals surface area contributed by atoms with Crippen LogP contribution in [0.4, 0.5) is 4.79 Å². The molecule has 11 nitrogen and oxygen atoms in total. The van der Waals surface area contributed by atoms with Crippen LogP contribution in [0.15, 0.2) is 24.3 Å². The average Bonchev–Trinajstić information content (AvgIpc) is 3.66. The first-order valence-electron chi connectivity index (χ1n) is 16.9. The highest BCUT2D eigenvalue weighted by molar-refractivity contribution is 5.80. The molecule has 11 heteroatoms. The van der Waals surface area contributed by atoms with Crippen LogP contribution in [0.3, 0.4) is 0 Å². The summed E-state index contributed by atoms with van der Waals surface area (Å²) in [6.45, 7) is 5.27. The van der Waals surface area contributed by atoms with Crippen LogP contribution in [0.25, 0.3) is 0 Å². The van der Waals surface area contributed by atoms with E-state index < -0.39 is 48.3 Å². The van der Waals surface area contributed by atoms with E-state index in [-0.39, 0.29) is 24.3 Å². The quantitative estimate of drug-likeness (QED) is 0.182. The van der Waals surface area contributed by atoms with Gasteiger partial charge in [0.25, 0.3) is 0 Å². The van der Waals surface area contributed by atoms with E-state index in [0.717, 1.165) is 36.8 Å². The van der Waals surface area contributed by atoms with Crippen molar-refractivity contribution < 1.29 is 33.7 Å². The SMILES string of the molecule is CC(C)[C@@H](C[C@H](O)[C@H](CC1CCCCC1)NC(=O)O[C@H]1CCOC1)C(=O)N[C@H]1c2ccccc2C[C@H]1OC(=O)[C@@H](N)CCCN. The summed E-state index contributed by atoms with van der Waals surface area (Å²) >= 11 is 0.